The molecule has 0 saturated carbocycles. The monoisotopic (exact) mass is 639 g/mol. The van der Waals surface area contributed by atoms with Crippen molar-refractivity contribution in [2.24, 2.45) is 0 Å². The fourth-order valence-corrected chi connectivity index (χ4v) is 5.69. The molecule has 44 heavy (non-hydrogen) atoms. The van der Waals surface area contributed by atoms with Gasteiger partial charge in [-0.1, -0.05) is 77.8 Å². The summed E-state index contributed by atoms with van der Waals surface area (Å²) in [6, 6.07) is 34.4. The Labute approximate surface area is 269 Å². The molecule has 0 aliphatic carbocycles. The predicted molar refractivity (Wildman–Crippen MR) is 181 cm³/mol. The summed E-state index contributed by atoms with van der Waals surface area (Å²) in [5.74, 6) is -1.14. The number of anilines is 2. The number of carbonyl (C=O) groups excluding carboxylic acids is 3. The molecule has 0 bridgehead atoms. The van der Waals surface area contributed by atoms with Crippen LogP contribution in [-0.2, 0) is 9.59 Å². The van der Waals surface area contributed by atoms with Gasteiger partial charge in [0.1, 0.15) is 5.70 Å². The van der Waals surface area contributed by atoms with E-state index in [2.05, 4.69) is 16.0 Å². The van der Waals surface area contributed by atoms with Gasteiger partial charge in [-0.2, -0.15) is 0 Å². The molecule has 3 N–H and O–H groups in total. The second kappa shape index (κ2) is 14.3. The molecule has 1 atom stereocenters. The molecule has 0 spiro atoms. The van der Waals surface area contributed by atoms with Gasteiger partial charge in [-0.05, 0) is 84.4 Å². The van der Waals surface area contributed by atoms with Crippen LogP contribution in [0.15, 0.2) is 126 Å². The smallest absolute Gasteiger partial charge is 0.272 e. The van der Waals surface area contributed by atoms with E-state index in [1.807, 2.05) is 61.5 Å². The van der Waals surface area contributed by atoms with Crippen LogP contribution < -0.4 is 16.0 Å². The zero-order chi connectivity index (χ0) is 31.1. The molecule has 1 unspecified atom stereocenters. The molecule has 5 aromatic rings. The zero-order valence-electron chi connectivity index (χ0n) is 23.5. The Bertz CT molecular complexity index is 1840. The minimum absolute atomic E-state index is 0.0358. The second-order valence-electron chi connectivity index (χ2n) is 9.80. The van der Waals surface area contributed by atoms with Gasteiger partial charge in [0, 0.05) is 37.4 Å². The molecule has 0 radical (unpaired) electrons. The highest BCUT2D eigenvalue weighted by Crippen LogP contribution is 2.28. The molecular formula is C35H27Cl2N3O3S. The number of rotatable bonds is 9. The number of nitrogens with one attached hydrogen (secondary N) is 3. The van der Waals surface area contributed by atoms with Gasteiger partial charge in [0.15, 0.2) is 0 Å². The summed E-state index contributed by atoms with van der Waals surface area (Å²) < 4.78 is 0. The average Bonchev–Trinajstić information content (AvgIpc) is 3.03. The first-order valence-electron chi connectivity index (χ1n) is 13.7. The Morgan fingerprint density at radius 1 is 0.705 bits per heavy atom. The molecule has 5 rings (SSSR count). The predicted octanol–water partition coefficient (Wildman–Crippen LogP) is 8.68. The van der Waals surface area contributed by atoms with Crippen molar-refractivity contribution in [1.82, 2.24) is 5.32 Å². The summed E-state index contributed by atoms with van der Waals surface area (Å²) in [5.41, 5.74) is 1.98. The van der Waals surface area contributed by atoms with Gasteiger partial charge in [0.2, 0.25) is 5.91 Å². The highest BCUT2D eigenvalue weighted by molar-refractivity contribution is 8.00. The Hall–Kier alpha value is -4.56. The largest absolute Gasteiger partial charge is 0.325 e. The molecule has 3 amide bonds. The van der Waals surface area contributed by atoms with Gasteiger partial charge in [0.25, 0.3) is 11.8 Å². The summed E-state index contributed by atoms with van der Waals surface area (Å²) >= 11 is 14.1. The number of hydrogen-bond donors (Lipinski definition) is 3. The van der Waals surface area contributed by atoms with E-state index in [0.717, 1.165) is 21.4 Å². The first kappa shape index (κ1) is 30.9. The second-order valence-corrected chi connectivity index (χ2v) is 12.0. The Kier molecular flexibility index (Phi) is 10.0. The van der Waals surface area contributed by atoms with E-state index in [4.69, 9.17) is 23.2 Å². The number of halogens is 2. The van der Waals surface area contributed by atoms with Gasteiger partial charge in [-0.25, -0.2) is 0 Å². The lowest BCUT2D eigenvalue weighted by molar-refractivity contribution is -0.115. The quantitative estimate of drug-likeness (QED) is 0.111. The molecule has 0 saturated heterocycles. The normalized spacial score (nSPS) is 11.9. The van der Waals surface area contributed by atoms with Crippen molar-refractivity contribution in [2.45, 2.75) is 17.1 Å². The van der Waals surface area contributed by atoms with E-state index < -0.39 is 11.8 Å². The number of thioether (sulfide) groups is 1. The fourth-order valence-electron chi connectivity index (χ4n) is 4.32. The topological polar surface area (TPSA) is 87.3 Å². The van der Waals surface area contributed by atoms with Gasteiger partial charge in [0.05, 0.1) is 5.25 Å². The van der Waals surface area contributed by atoms with Crippen molar-refractivity contribution in [3.8, 4) is 0 Å². The van der Waals surface area contributed by atoms with Crippen molar-refractivity contribution >= 4 is 80.9 Å². The summed E-state index contributed by atoms with van der Waals surface area (Å²) in [6.07, 6.45) is 1.45. The maximum Gasteiger partial charge on any atom is 0.272 e. The van der Waals surface area contributed by atoms with E-state index in [1.54, 1.807) is 60.7 Å². The van der Waals surface area contributed by atoms with E-state index in [1.165, 1.54) is 17.8 Å². The van der Waals surface area contributed by atoms with E-state index in [0.29, 0.717) is 26.9 Å². The lowest BCUT2D eigenvalue weighted by Gasteiger charge is -2.14. The number of carbonyl (C=O) groups is 3. The zero-order valence-corrected chi connectivity index (χ0v) is 25.8. The van der Waals surface area contributed by atoms with Crippen LogP contribution >= 0.6 is 35.0 Å². The van der Waals surface area contributed by atoms with Crippen molar-refractivity contribution in [3.63, 3.8) is 0 Å². The first-order valence-corrected chi connectivity index (χ1v) is 15.3. The lowest BCUT2D eigenvalue weighted by Crippen LogP contribution is -2.30. The number of hydrogen-bond acceptors (Lipinski definition) is 4. The van der Waals surface area contributed by atoms with Crippen molar-refractivity contribution in [1.29, 1.82) is 0 Å². The average molecular weight is 641 g/mol. The van der Waals surface area contributed by atoms with E-state index in [9.17, 15) is 14.4 Å². The maximum atomic E-state index is 13.4. The Morgan fingerprint density at radius 3 is 2.05 bits per heavy atom. The van der Waals surface area contributed by atoms with Crippen LogP contribution in [-0.4, -0.2) is 23.0 Å². The van der Waals surface area contributed by atoms with Crippen LogP contribution in [0.25, 0.3) is 16.8 Å². The summed E-state index contributed by atoms with van der Waals surface area (Å²) in [7, 11) is 0. The highest BCUT2D eigenvalue weighted by atomic mass is 35.5. The molecule has 5 aromatic carbocycles. The Morgan fingerprint density at radius 2 is 1.34 bits per heavy atom. The summed E-state index contributed by atoms with van der Waals surface area (Å²) in [4.78, 5) is 40.0. The van der Waals surface area contributed by atoms with Crippen LogP contribution in [0.3, 0.4) is 0 Å². The highest BCUT2D eigenvalue weighted by Gasteiger charge is 2.18. The summed E-state index contributed by atoms with van der Waals surface area (Å²) in [6.45, 7) is 1.84. The third kappa shape index (κ3) is 7.88. The van der Waals surface area contributed by atoms with Crippen LogP contribution in [0.2, 0.25) is 10.0 Å². The van der Waals surface area contributed by atoms with E-state index in [-0.39, 0.29) is 16.9 Å². The molecule has 220 valence electrons. The summed E-state index contributed by atoms with van der Waals surface area (Å²) in [5, 5.41) is 10.9. The molecule has 6 nitrogen and oxygen atoms in total. The number of amides is 3. The van der Waals surface area contributed by atoms with Crippen molar-refractivity contribution < 1.29 is 14.4 Å². The van der Waals surface area contributed by atoms with Crippen LogP contribution in [0, 0.1) is 0 Å². The van der Waals surface area contributed by atoms with Crippen LogP contribution in [0.1, 0.15) is 22.8 Å². The minimum Gasteiger partial charge on any atom is -0.325 e. The van der Waals surface area contributed by atoms with Crippen LogP contribution in [0.4, 0.5) is 11.4 Å². The maximum absolute atomic E-state index is 13.4. The van der Waals surface area contributed by atoms with Crippen LogP contribution in [0.5, 0.6) is 0 Å². The van der Waals surface area contributed by atoms with E-state index >= 15 is 0 Å². The molecule has 0 fully saturated rings. The number of fused-ring (bicyclic) bond motifs is 1. The molecule has 0 aliphatic heterocycles. The molecule has 0 aromatic heterocycles. The van der Waals surface area contributed by atoms with Gasteiger partial charge in [-0.3, -0.25) is 14.4 Å². The molecular weight excluding hydrogens is 613 g/mol. The standard InChI is InChI=1S/C35H27Cl2N3O3S/c1-22(33(41)39-27-15-14-23-8-5-6-11-25(23)20-27)44-28-18-16-26(17-19-28)38-35(43)32(21-29-30(36)12-7-13-31(29)37)40-34(42)24-9-3-2-4-10-24/h2-22H,1H3,(H,38,43)(H,39,41)(H,40,42)/b32-21-. The SMILES string of the molecule is CC(Sc1ccc(NC(=O)/C(=C/c2c(Cl)cccc2Cl)NC(=O)c2ccccc2)cc1)C(=O)Nc1ccc2ccccc2c1. The third-order valence-electron chi connectivity index (χ3n) is 6.63. The van der Waals surface area contributed by atoms with Crippen molar-refractivity contribution in [3.05, 3.63) is 142 Å². The molecule has 9 heteroatoms. The van der Waals surface area contributed by atoms with Gasteiger partial charge < -0.3 is 16.0 Å². The molecule has 0 aliphatic rings. The first-order chi connectivity index (χ1) is 21.3. The number of benzene rings is 5. The van der Waals surface area contributed by atoms with Crippen molar-refractivity contribution in [2.75, 3.05) is 10.6 Å². The minimum atomic E-state index is -0.561. The fraction of sp³-hybridized carbons (Fsp3) is 0.0571. The molecule has 0 heterocycles. The van der Waals surface area contributed by atoms with Gasteiger partial charge in [-0.15, -0.1) is 11.8 Å². The lowest BCUT2D eigenvalue weighted by atomic mass is 10.1. The Balaban J connectivity index is 1.26. The third-order valence-corrected chi connectivity index (χ3v) is 8.40. The van der Waals surface area contributed by atoms with Gasteiger partial charge >= 0.3 is 0 Å².